The van der Waals surface area contributed by atoms with Crippen LogP contribution in [0.15, 0.2) is 53.3 Å². The van der Waals surface area contributed by atoms with Crippen LogP contribution in [0.4, 0.5) is 0 Å². The molecule has 0 aromatic rings. The molecule has 100 valence electrons. The minimum atomic E-state index is 0.245. The summed E-state index contributed by atoms with van der Waals surface area (Å²) < 4.78 is 5.51. The largest absolute Gasteiger partial charge is 0.496 e. The molecule has 0 saturated carbocycles. The molecule has 0 aliphatic rings. The second-order valence-electron chi connectivity index (χ2n) is 4.01. The third kappa shape index (κ3) is 6.21. The number of allylic oxidation sites excluding steroid dienone is 4. The van der Waals surface area contributed by atoms with Crippen LogP contribution < -0.4 is 5.32 Å². The van der Waals surface area contributed by atoms with Crippen molar-refractivity contribution in [3.8, 4) is 0 Å². The maximum atomic E-state index is 5.51. The van der Waals surface area contributed by atoms with Gasteiger partial charge in [0.05, 0.1) is 6.26 Å². The van der Waals surface area contributed by atoms with Crippen molar-refractivity contribution in [2.24, 2.45) is 4.99 Å². The maximum Gasteiger partial charge on any atom is 0.110 e. The topological polar surface area (TPSA) is 33.6 Å². The molecule has 18 heavy (non-hydrogen) atoms. The third-order valence-corrected chi connectivity index (χ3v) is 2.67. The quantitative estimate of drug-likeness (QED) is 0.310. The highest BCUT2D eigenvalue weighted by Gasteiger charge is 2.03. The van der Waals surface area contributed by atoms with Gasteiger partial charge < -0.3 is 10.1 Å². The minimum absolute atomic E-state index is 0.245. The number of hydrogen-bond acceptors (Lipinski definition) is 3. The highest BCUT2D eigenvalue weighted by Crippen LogP contribution is 2.10. The number of nitrogens with zero attached hydrogens (tertiary/aromatic N) is 1. The number of rotatable bonds is 8. The van der Waals surface area contributed by atoms with Gasteiger partial charge in [0.1, 0.15) is 6.61 Å². The Bertz CT molecular complexity index is 365. The molecule has 0 fully saturated rings. The predicted molar refractivity (Wildman–Crippen MR) is 80.1 cm³/mol. The van der Waals surface area contributed by atoms with E-state index in [1.165, 1.54) is 0 Å². The van der Waals surface area contributed by atoms with Crippen LogP contribution in [0.1, 0.15) is 13.8 Å². The molecule has 3 nitrogen and oxygen atoms in total. The van der Waals surface area contributed by atoms with E-state index in [9.17, 15) is 0 Å². The van der Waals surface area contributed by atoms with Gasteiger partial charge in [-0.25, -0.2) is 0 Å². The Labute approximate surface area is 111 Å². The lowest BCUT2D eigenvalue weighted by Crippen LogP contribution is -2.24. The molecule has 0 amide bonds. The van der Waals surface area contributed by atoms with Gasteiger partial charge in [0.2, 0.25) is 0 Å². The van der Waals surface area contributed by atoms with Crippen LogP contribution in [-0.2, 0) is 4.74 Å². The predicted octanol–water partition coefficient (Wildman–Crippen LogP) is 2.88. The van der Waals surface area contributed by atoms with E-state index in [-0.39, 0.29) is 6.04 Å². The average Bonchev–Trinajstić information content (AvgIpc) is 2.39. The zero-order valence-corrected chi connectivity index (χ0v) is 11.9. The molecule has 0 aliphatic carbocycles. The molecule has 1 N–H and O–H groups in total. The zero-order valence-electron chi connectivity index (χ0n) is 11.9. The van der Waals surface area contributed by atoms with Crippen molar-refractivity contribution in [3.05, 3.63) is 48.3 Å². The Morgan fingerprint density at radius 2 is 2.17 bits per heavy atom. The summed E-state index contributed by atoms with van der Waals surface area (Å²) in [5.41, 5.74) is 3.01. The summed E-state index contributed by atoms with van der Waals surface area (Å²) in [6.45, 7) is 12.3. The Kier molecular flexibility index (Phi) is 8.58. The van der Waals surface area contributed by atoms with Crippen molar-refractivity contribution in [2.75, 3.05) is 20.7 Å². The molecule has 0 unspecified atom stereocenters. The fraction of sp³-hybridized carbons (Fsp3) is 0.400. The summed E-state index contributed by atoms with van der Waals surface area (Å²) in [6.07, 6.45) is 7.13. The Hall–Kier alpha value is -1.61. The normalized spacial score (nSPS) is 14.7. The fourth-order valence-corrected chi connectivity index (χ4v) is 1.15. The molecule has 0 bridgehead atoms. The van der Waals surface area contributed by atoms with Crippen molar-refractivity contribution in [3.63, 3.8) is 0 Å². The maximum absolute atomic E-state index is 5.51. The molecule has 0 aliphatic heterocycles. The number of hydrogen-bond donors (Lipinski definition) is 1. The number of ether oxygens (including phenoxy) is 1. The van der Waals surface area contributed by atoms with Gasteiger partial charge in [0.25, 0.3) is 0 Å². The van der Waals surface area contributed by atoms with Gasteiger partial charge in [-0.1, -0.05) is 19.2 Å². The van der Waals surface area contributed by atoms with Crippen molar-refractivity contribution >= 4 is 6.21 Å². The summed E-state index contributed by atoms with van der Waals surface area (Å²) in [6, 6.07) is 0.245. The van der Waals surface area contributed by atoms with Gasteiger partial charge in [-0.05, 0) is 38.1 Å². The summed E-state index contributed by atoms with van der Waals surface area (Å²) in [4.78, 5) is 3.91. The molecule has 0 radical (unpaired) electrons. The molecule has 0 aromatic carbocycles. The number of aliphatic imine (C=N–C) groups is 1. The lowest BCUT2D eigenvalue weighted by molar-refractivity contribution is 0.271. The number of nitrogens with one attached hydrogen (secondary N) is 1. The van der Waals surface area contributed by atoms with E-state index in [1.54, 1.807) is 25.6 Å². The standard InChI is InChI=1S/C15H24N2O/c1-7-15(12(2)8-9-16-5)11-18-10-13(3)14(4)17-6/h7-9,11,14,17H,1,3,10H2,2,4-6H3/b12-8+,15-11+,16-9-/t14-/m0/s1. The lowest BCUT2D eigenvalue weighted by atomic mass is 10.1. The van der Waals surface area contributed by atoms with E-state index in [0.29, 0.717) is 6.61 Å². The molecule has 0 spiro atoms. The molecule has 1 atom stereocenters. The smallest absolute Gasteiger partial charge is 0.110 e. The van der Waals surface area contributed by atoms with Gasteiger partial charge in [-0.15, -0.1) is 0 Å². The highest BCUT2D eigenvalue weighted by atomic mass is 16.5. The Morgan fingerprint density at radius 3 is 2.67 bits per heavy atom. The van der Waals surface area contributed by atoms with Gasteiger partial charge in [-0.2, -0.15) is 0 Å². The van der Waals surface area contributed by atoms with Gasteiger partial charge in [-0.3, -0.25) is 4.99 Å². The van der Waals surface area contributed by atoms with Gasteiger partial charge in [0.15, 0.2) is 0 Å². The summed E-state index contributed by atoms with van der Waals surface area (Å²) in [5, 5.41) is 3.12. The van der Waals surface area contributed by atoms with Gasteiger partial charge >= 0.3 is 0 Å². The fourth-order valence-electron chi connectivity index (χ4n) is 1.15. The van der Waals surface area contributed by atoms with E-state index >= 15 is 0 Å². The average molecular weight is 248 g/mol. The molecule has 0 rings (SSSR count). The number of likely N-dealkylation sites (N-methyl/N-ethyl adjacent to an activating group) is 1. The van der Waals surface area contributed by atoms with Crippen molar-refractivity contribution in [2.45, 2.75) is 19.9 Å². The molecule has 0 heterocycles. The zero-order chi connectivity index (χ0) is 14.0. The van der Waals surface area contributed by atoms with E-state index in [1.807, 2.05) is 27.0 Å². The van der Waals surface area contributed by atoms with Crippen LogP contribution in [0, 0.1) is 0 Å². The Morgan fingerprint density at radius 1 is 1.50 bits per heavy atom. The molecular formula is C15H24N2O. The van der Waals surface area contributed by atoms with E-state index < -0.39 is 0 Å². The second kappa shape index (κ2) is 9.42. The first-order valence-corrected chi connectivity index (χ1v) is 5.95. The van der Waals surface area contributed by atoms with E-state index in [4.69, 9.17) is 4.74 Å². The lowest BCUT2D eigenvalue weighted by Gasteiger charge is -2.13. The van der Waals surface area contributed by atoms with Crippen molar-refractivity contribution in [1.29, 1.82) is 0 Å². The van der Waals surface area contributed by atoms with Crippen LogP contribution in [0.2, 0.25) is 0 Å². The van der Waals surface area contributed by atoms with Crippen LogP contribution in [0.25, 0.3) is 0 Å². The first-order chi connectivity index (χ1) is 8.56. The van der Waals surface area contributed by atoms with Gasteiger partial charge in [0, 0.05) is 24.9 Å². The van der Waals surface area contributed by atoms with Crippen LogP contribution in [0.5, 0.6) is 0 Å². The van der Waals surface area contributed by atoms with E-state index in [2.05, 4.69) is 23.5 Å². The monoisotopic (exact) mass is 248 g/mol. The van der Waals surface area contributed by atoms with Crippen molar-refractivity contribution < 1.29 is 4.74 Å². The molecular weight excluding hydrogens is 224 g/mol. The Balaban J connectivity index is 4.47. The summed E-state index contributed by atoms with van der Waals surface area (Å²) >= 11 is 0. The minimum Gasteiger partial charge on any atom is -0.496 e. The summed E-state index contributed by atoms with van der Waals surface area (Å²) in [7, 11) is 3.64. The van der Waals surface area contributed by atoms with E-state index in [0.717, 1.165) is 16.7 Å². The van der Waals surface area contributed by atoms with Crippen molar-refractivity contribution in [1.82, 2.24) is 5.32 Å². The molecule has 0 aromatic heterocycles. The SMILES string of the molecule is C=CC(=C\OCC(=C)[C@H](C)NC)/C(C)=C/C=N\C. The molecule has 0 saturated heterocycles. The van der Waals surface area contributed by atoms with Crippen LogP contribution in [0.3, 0.4) is 0 Å². The highest BCUT2D eigenvalue weighted by molar-refractivity contribution is 5.73. The summed E-state index contributed by atoms with van der Waals surface area (Å²) in [5.74, 6) is 0. The molecule has 3 heteroatoms. The van der Waals surface area contributed by atoms with Crippen LogP contribution in [-0.4, -0.2) is 33.0 Å². The third-order valence-electron chi connectivity index (χ3n) is 2.67. The van der Waals surface area contributed by atoms with Crippen LogP contribution >= 0.6 is 0 Å². The second-order valence-corrected chi connectivity index (χ2v) is 4.01. The first kappa shape index (κ1) is 16.4. The first-order valence-electron chi connectivity index (χ1n) is 5.95.